The van der Waals surface area contributed by atoms with Crippen molar-refractivity contribution >= 4 is 44.3 Å². The van der Waals surface area contributed by atoms with Crippen molar-refractivity contribution in [2.24, 2.45) is 5.16 Å². The average molecular weight is 475 g/mol. The lowest BCUT2D eigenvalue weighted by Crippen LogP contribution is -2.71. The highest BCUT2D eigenvalue weighted by Crippen LogP contribution is 2.23. The van der Waals surface area contributed by atoms with Gasteiger partial charge in [-0.1, -0.05) is 31.8 Å². The lowest BCUT2D eigenvalue weighted by atomic mass is 9.99. The summed E-state index contributed by atoms with van der Waals surface area (Å²) in [7, 11) is -3.62. The van der Waals surface area contributed by atoms with Crippen molar-refractivity contribution < 1.29 is 27.4 Å². The van der Waals surface area contributed by atoms with Crippen molar-refractivity contribution in [1.82, 2.24) is 19.5 Å². The zero-order valence-corrected chi connectivity index (χ0v) is 19.2. The van der Waals surface area contributed by atoms with Gasteiger partial charge in [0, 0.05) is 5.38 Å². The molecule has 1 aromatic rings. The van der Waals surface area contributed by atoms with Gasteiger partial charge in [0.15, 0.2) is 10.8 Å². The van der Waals surface area contributed by atoms with Gasteiger partial charge < -0.3 is 20.8 Å². The molecule has 2 heterocycles. The van der Waals surface area contributed by atoms with E-state index in [2.05, 4.69) is 46.0 Å². The molecule has 14 heteroatoms. The van der Waals surface area contributed by atoms with E-state index >= 15 is 0 Å². The number of carbonyl (C=O) groups is 2. The number of nitrogen functional groups attached to an aromatic ring is 1. The van der Waals surface area contributed by atoms with Crippen molar-refractivity contribution in [3.8, 4) is 12.3 Å². The number of carbonyl (C=O) groups excluding carboxylic acids is 2. The first-order valence-electron chi connectivity index (χ1n) is 9.18. The van der Waals surface area contributed by atoms with Gasteiger partial charge in [-0.25, -0.2) is 4.98 Å². The number of hydrogen-bond acceptors (Lipinski definition) is 10. The van der Waals surface area contributed by atoms with Crippen molar-refractivity contribution in [2.45, 2.75) is 32.9 Å². The van der Waals surface area contributed by atoms with Gasteiger partial charge in [-0.15, -0.1) is 17.8 Å². The van der Waals surface area contributed by atoms with Gasteiger partial charge in [-0.05, 0) is 19.6 Å². The summed E-state index contributed by atoms with van der Waals surface area (Å²) in [6.45, 7) is 10.1. The third kappa shape index (κ3) is 6.62. The maximum absolute atomic E-state index is 12.3. The zero-order chi connectivity index (χ0) is 23.8. The van der Waals surface area contributed by atoms with Crippen LogP contribution in [-0.4, -0.2) is 83.5 Å². The largest absolute Gasteiger partial charge is 0.398 e. The predicted molar refractivity (Wildman–Crippen MR) is 116 cm³/mol. The first kappa shape index (κ1) is 26.3. The standard InChI is InChI=1S/C11H11N5O6S2.C6H15N/c1-3-6-8(10(18)16(6)24(19,20)21)14-9(17)7(15-22-2)5-4-23-11(12)13-5;1-4-7(5-2)6-3/h1,4,6,8H,2H3,(H2,12,13)(H,14,17)(H,19,20,21);4-6H2,1-3H3/t6-,8+;/m1./s1. The molecule has 0 bridgehead atoms. The molecule has 0 aliphatic carbocycles. The van der Waals surface area contributed by atoms with Crippen LogP contribution in [0.4, 0.5) is 5.13 Å². The van der Waals surface area contributed by atoms with Crippen molar-refractivity contribution in [3.05, 3.63) is 11.1 Å². The number of terminal acetylenes is 1. The molecule has 12 nitrogen and oxygen atoms in total. The molecule has 1 aliphatic heterocycles. The van der Waals surface area contributed by atoms with Gasteiger partial charge in [0.2, 0.25) is 0 Å². The molecule has 31 heavy (non-hydrogen) atoms. The third-order valence-electron chi connectivity index (χ3n) is 4.26. The lowest BCUT2D eigenvalue weighted by molar-refractivity contribution is -0.142. The quantitative estimate of drug-likeness (QED) is 0.149. The molecule has 0 radical (unpaired) electrons. The maximum Gasteiger partial charge on any atom is 0.363 e. The molecule has 172 valence electrons. The fraction of sp³-hybridized carbons (Fsp3) is 0.529. The number of aromatic nitrogens is 1. The van der Waals surface area contributed by atoms with Crippen molar-refractivity contribution in [1.29, 1.82) is 0 Å². The van der Waals surface area contributed by atoms with Crippen LogP contribution >= 0.6 is 11.3 Å². The van der Waals surface area contributed by atoms with E-state index < -0.39 is 34.2 Å². The molecule has 2 rings (SSSR count). The summed E-state index contributed by atoms with van der Waals surface area (Å²) in [5.41, 5.74) is 5.31. The number of nitrogens with one attached hydrogen (secondary N) is 1. The number of thiazole rings is 1. The summed E-state index contributed by atoms with van der Waals surface area (Å²) in [5.74, 6) is 0.0461. The van der Waals surface area contributed by atoms with Crippen LogP contribution < -0.4 is 11.1 Å². The Balaban J connectivity index is 0.000000592. The SMILES string of the molecule is C#C[C@@H]1[C@H](NC(=O)C(=NOC)c2csc(N)n2)C(=O)N1S(=O)(=O)O.CCN(CC)CC. The Bertz CT molecular complexity index is 945. The second-order valence-corrected chi connectivity index (χ2v) is 8.17. The topological polar surface area (TPSA) is 168 Å². The zero-order valence-electron chi connectivity index (χ0n) is 17.6. The van der Waals surface area contributed by atoms with Crippen LogP contribution in [0.25, 0.3) is 0 Å². The van der Waals surface area contributed by atoms with E-state index in [1.54, 1.807) is 0 Å². The van der Waals surface area contributed by atoms with E-state index in [1.165, 1.54) is 32.1 Å². The molecule has 0 saturated carbocycles. The van der Waals surface area contributed by atoms with Crippen LogP contribution in [0.1, 0.15) is 26.5 Å². The number of nitrogens with zero attached hydrogens (tertiary/aromatic N) is 4. The first-order valence-corrected chi connectivity index (χ1v) is 11.5. The lowest BCUT2D eigenvalue weighted by Gasteiger charge is -2.41. The number of amides is 2. The summed E-state index contributed by atoms with van der Waals surface area (Å²) in [4.78, 5) is 34.9. The number of nitrogens with two attached hydrogens (primary N) is 1. The van der Waals surface area contributed by atoms with E-state index in [-0.39, 0.29) is 20.8 Å². The van der Waals surface area contributed by atoms with Gasteiger partial charge in [0.25, 0.3) is 11.8 Å². The van der Waals surface area contributed by atoms with Crippen molar-refractivity contribution in [2.75, 3.05) is 32.5 Å². The number of oxime groups is 1. The van der Waals surface area contributed by atoms with Gasteiger partial charge >= 0.3 is 10.3 Å². The molecular formula is C17H26N6O6S2. The van der Waals surface area contributed by atoms with Crippen LogP contribution in [0, 0.1) is 12.3 Å². The minimum atomic E-state index is -4.82. The molecule has 1 saturated heterocycles. The summed E-state index contributed by atoms with van der Waals surface area (Å²) in [6.07, 6.45) is 5.15. The van der Waals surface area contributed by atoms with E-state index in [0.717, 1.165) is 11.3 Å². The molecule has 1 fully saturated rings. The normalized spacial score (nSPS) is 18.5. The number of rotatable bonds is 8. The molecule has 1 aliphatic rings. The van der Waals surface area contributed by atoms with Gasteiger partial charge in [0.05, 0.1) is 0 Å². The van der Waals surface area contributed by atoms with Crippen LogP contribution in [-0.2, 0) is 24.7 Å². The van der Waals surface area contributed by atoms with E-state index in [1.807, 2.05) is 5.92 Å². The molecule has 0 unspecified atom stereocenters. The monoisotopic (exact) mass is 474 g/mol. The minimum Gasteiger partial charge on any atom is -0.398 e. The summed E-state index contributed by atoms with van der Waals surface area (Å²) < 4.78 is 31.2. The maximum atomic E-state index is 12.3. The molecule has 0 aromatic carbocycles. The van der Waals surface area contributed by atoms with Crippen LogP contribution in [0.3, 0.4) is 0 Å². The van der Waals surface area contributed by atoms with Crippen LogP contribution in [0.2, 0.25) is 0 Å². The highest BCUT2D eigenvalue weighted by atomic mass is 32.2. The molecule has 2 amide bonds. The summed E-state index contributed by atoms with van der Waals surface area (Å²) in [5, 5.41) is 7.36. The van der Waals surface area contributed by atoms with E-state index in [0.29, 0.717) is 0 Å². The summed E-state index contributed by atoms with van der Waals surface area (Å²) >= 11 is 1.05. The van der Waals surface area contributed by atoms with Crippen molar-refractivity contribution in [3.63, 3.8) is 0 Å². The first-order chi connectivity index (χ1) is 14.5. The molecule has 0 spiro atoms. The van der Waals surface area contributed by atoms with Gasteiger partial charge in [0.1, 0.15) is 24.9 Å². The Labute approximate surface area is 185 Å². The van der Waals surface area contributed by atoms with Gasteiger partial charge in [-0.3, -0.25) is 14.1 Å². The Morgan fingerprint density at radius 3 is 2.39 bits per heavy atom. The van der Waals surface area contributed by atoms with Crippen LogP contribution in [0.15, 0.2) is 10.5 Å². The Kier molecular flexibility index (Phi) is 9.85. The Morgan fingerprint density at radius 1 is 1.45 bits per heavy atom. The number of anilines is 1. The Morgan fingerprint density at radius 2 is 2.03 bits per heavy atom. The third-order valence-corrected chi connectivity index (χ3v) is 5.84. The Hall–Kier alpha value is -2.73. The minimum absolute atomic E-state index is 0.0892. The average Bonchev–Trinajstić information content (AvgIpc) is 3.14. The predicted octanol–water partition coefficient (Wildman–Crippen LogP) is -0.444. The van der Waals surface area contributed by atoms with Gasteiger partial charge in [-0.2, -0.15) is 12.7 Å². The molecule has 1 aromatic heterocycles. The molecule has 4 N–H and O–H groups in total. The molecular weight excluding hydrogens is 448 g/mol. The fourth-order valence-corrected chi connectivity index (χ4v) is 3.96. The second kappa shape index (κ2) is 11.6. The smallest absolute Gasteiger partial charge is 0.363 e. The van der Waals surface area contributed by atoms with E-state index in [4.69, 9.17) is 16.7 Å². The number of β-lactam (4-membered cyclic amide) rings is 1. The van der Waals surface area contributed by atoms with E-state index in [9.17, 15) is 18.0 Å². The highest BCUT2D eigenvalue weighted by molar-refractivity contribution is 7.84. The van der Waals surface area contributed by atoms with Crippen LogP contribution in [0.5, 0.6) is 0 Å². The summed E-state index contributed by atoms with van der Waals surface area (Å²) in [6, 6.07) is -2.71. The second-order valence-electron chi connectivity index (χ2n) is 5.99. The molecule has 2 atom stereocenters. The fourth-order valence-electron chi connectivity index (χ4n) is 2.60. The highest BCUT2D eigenvalue weighted by Gasteiger charge is 2.53. The number of hydrogen-bond donors (Lipinski definition) is 3.